The van der Waals surface area contributed by atoms with Gasteiger partial charge in [0, 0.05) is 35.3 Å². The molecule has 2 aromatic carbocycles. The van der Waals surface area contributed by atoms with Gasteiger partial charge < -0.3 is 27.4 Å². The Hall–Kier alpha value is -4.32. The van der Waals surface area contributed by atoms with Gasteiger partial charge in [0.2, 0.25) is 5.91 Å². The Morgan fingerprint density at radius 2 is 1.81 bits per heavy atom. The van der Waals surface area contributed by atoms with Crippen molar-refractivity contribution in [2.24, 2.45) is 11.5 Å². The Kier molecular flexibility index (Phi) is 5.52. The normalized spacial score (nSPS) is 13.1. The number of hydrogen-bond donors (Lipinski definition) is 5. The summed E-state index contributed by atoms with van der Waals surface area (Å²) in [7, 11) is 0. The summed E-state index contributed by atoms with van der Waals surface area (Å²) in [6, 6.07) is 8.77. The van der Waals surface area contributed by atoms with Gasteiger partial charge in [-0.05, 0) is 43.2 Å². The number of carbonyl (C=O) groups excluding carboxylic acids is 2. The van der Waals surface area contributed by atoms with Gasteiger partial charge in [-0.25, -0.2) is 4.98 Å². The van der Waals surface area contributed by atoms with E-state index in [4.69, 9.17) is 22.6 Å². The fourth-order valence-electron chi connectivity index (χ4n) is 3.90. The first-order valence-electron chi connectivity index (χ1n) is 10.2. The number of rotatable bonds is 5. The van der Waals surface area contributed by atoms with E-state index in [1.54, 1.807) is 35.2 Å². The van der Waals surface area contributed by atoms with Gasteiger partial charge in [-0.2, -0.15) is 0 Å². The van der Waals surface area contributed by atoms with Gasteiger partial charge in [0.1, 0.15) is 11.7 Å². The highest BCUT2D eigenvalue weighted by atomic mass is 16.2. The zero-order chi connectivity index (χ0) is 22.8. The molecular weight excluding hydrogens is 406 g/mol. The molecule has 0 saturated carbocycles. The van der Waals surface area contributed by atoms with E-state index in [0.29, 0.717) is 41.7 Å². The van der Waals surface area contributed by atoms with Crippen LogP contribution in [0.3, 0.4) is 0 Å². The summed E-state index contributed by atoms with van der Waals surface area (Å²) in [6.45, 7) is 1.61. The van der Waals surface area contributed by atoms with Crippen molar-refractivity contribution in [1.29, 1.82) is 5.41 Å². The topological polar surface area (TPSA) is 164 Å². The molecule has 9 nitrogen and oxygen atoms in total. The number of aromatic nitrogens is 1. The summed E-state index contributed by atoms with van der Waals surface area (Å²) < 4.78 is 0. The third kappa shape index (κ3) is 3.86. The number of nitrogens with zero attached hydrogens (tertiary/aromatic N) is 2. The quantitative estimate of drug-likeness (QED) is 0.233. The Bertz CT molecular complexity index is 1270. The first kappa shape index (κ1) is 20.9. The molecule has 1 saturated heterocycles. The predicted molar refractivity (Wildman–Crippen MR) is 124 cm³/mol. The van der Waals surface area contributed by atoms with Crippen LogP contribution in [0.2, 0.25) is 0 Å². The number of carbonyl (C=O) groups is 2. The SMILES string of the molecule is N=C(N)c1ccc(NCC#Cc2cc3nc(N)c2c(C(N)=O)c3C(=O)N2CCCC2)cc1. The van der Waals surface area contributed by atoms with Crippen molar-refractivity contribution in [2.75, 3.05) is 30.7 Å². The van der Waals surface area contributed by atoms with E-state index in [-0.39, 0.29) is 28.7 Å². The van der Waals surface area contributed by atoms with Crippen molar-refractivity contribution in [3.05, 3.63) is 52.6 Å². The van der Waals surface area contributed by atoms with Crippen LogP contribution in [-0.2, 0) is 0 Å². The fraction of sp³-hybridized carbons (Fsp3) is 0.217. The lowest BCUT2D eigenvalue weighted by atomic mass is 9.94. The van der Waals surface area contributed by atoms with Crippen LogP contribution < -0.4 is 22.5 Å². The summed E-state index contributed by atoms with van der Waals surface area (Å²) in [5.41, 5.74) is 19.7. The maximum absolute atomic E-state index is 13.0. The average Bonchev–Trinajstić information content (AvgIpc) is 3.31. The van der Waals surface area contributed by atoms with Crippen LogP contribution in [0.4, 0.5) is 11.5 Å². The summed E-state index contributed by atoms with van der Waals surface area (Å²) in [5, 5.41) is 10.9. The number of amides is 2. The summed E-state index contributed by atoms with van der Waals surface area (Å²) in [6.07, 6.45) is 1.86. The molecule has 1 aliphatic rings. The minimum Gasteiger partial charge on any atom is -0.384 e. The lowest BCUT2D eigenvalue weighted by molar-refractivity contribution is 0.0789. The van der Waals surface area contributed by atoms with Crippen LogP contribution in [0.5, 0.6) is 0 Å². The molecule has 0 unspecified atom stereocenters. The molecule has 9 heteroatoms. The van der Waals surface area contributed by atoms with Crippen LogP contribution in [0, 0.1) is 17.3 Å². The highest BCUT2D eigenvalue weighted by Gasteiger charge is 2.30. The maximum atomic E-state index is 13.0. The van der Waals surface area contributed by atoms with E-state index in [1.165, 1.54) is 0 Å². The number of primary amides is 1. The second-order valence-corrected chi connectivity index (χ2v) is 7.58. The van der Waals surface area contributed by atoms with E-state index in [9.17, 15) is 9.59 Å². The summed E-state index contributed by atoms with van der Waals surface area (Å²) in [5.74, 6) is 5.16. The van der Waals surface area contributed by atoms with Gasteiger partial charge in [-0.3, -0.25) is 15.0 Å². The van der Waals surface area contributed by atoms with E-state index >= 15 is 0 Å². The Balaban J connectivity index is 1.61. The maximum Gasteiger partial charge on any atom is 0.256 e. The number of nitrogen functional groups attached to an aromatic ring is 2. The van der Waals surface area contributed by atoms with Crippen LogP contribution in [0.1, 0.15) is 44.7 Å². The van der Waals surface area contributed by atoms with E-state index in [0.717, 1.165) is 18.5 Å². The van der Waals surface area contributed by atoms with Gasteiger partial charge in [0.25, 0.3) is 5.91 Å². The molecular formula is C23H23N7O2. The zero-order valence-corrected chi connectivity index (χ0v) is 17.4. The van der Waals surface area contributed by atoms with Crippen LogP contribution in [0.25, 0.3) is 10.9 Å². The van der Waals surface area contributed by atoms with Crippen LogP contribution in [0.15, 0.2) is 30.3 Å². The molecule has 5 rings (SSSR count). The molecule has 2 amide bonds. The van der Waals surface area contributed by atoms with Gasteiger partial charge in [-0.1, -0.05) is 11.8 Å². The molecule has 1 fully saturated rings. The number of pyridine rings is 2. The summed E-state index contributed by atoms with van der Waals surface area (Å²) >= 11 is 0. The highest BCUT2D eigenvalue weighted by Crippen LogP contribution is 2.32. The third-order valence-electron chi connectivity index (χ3n) is 5.46. The van der Waals surface area contributed by atoms with Gasteiger partial charge in [0.05, 0.1) is 23.2 Å². The molecule has 4 aromatic rings. The Morgan fingerprint density at radius 3 is 2.44 bits per heavy atom. The first-order chi connectivity index (χ1) is 15.4. The van der Waals surface area contributed by atoms with Crippen molar-refractivity contribution in [3.8, 4) is 11.8 Å². The second kappa shape index (κ2) is 8.43. The second-order valence-electron chi connectivity index (χ2n) is 7.58. The van der Waals surface area contributed by atoms with Gasteiger partial charge in [-0.15, -0.1) is 0 Å². The number of amidine groups is 1. The molecule has 0 atom stereocenters. The molecule has 0 aliphatic carbocycles. The van der Waals surface area contributed by atoms with Gasteiger partial charge in [0.15, 0.2) is 0 Å². The van der Waals surface area contributed by atoms with E-state index in [2.05, 4.69) is 22.1 Å². The Labute approximate surface area is 184 Å². The minimum absolute atomic E-state index is 0.00491. The molecule has 0 radical (unpaired) electrons. The van der Waals surface area contributed by atoms with E-state index < -0.39 is 5.91 Å². The lowest BCUT2D eigenvalue weighted by Crippen LogP contribution is -2.31. The first-order valence-corrected chi connectivity index (χ1v) is 10.2. The van der Waals surface area contributed by atoms with Crippen LogP contribution >= 0.6 is 0 Å². The number of benzene rings is 2. The number of nitrogens with one attached hydrogen (secondary N) is 2. The lowest BCUT2D eigenvalue weighted by Gasteiger charge is -2.20. The third-order valence-corrected chi connectivity index (χ3v) is 5.46. The minimum atomic E-state index is -0.728. The van der Waals surface area contributed by atoms with E-state index in [1.807, 2.05) is 0 Å². The van der Waals surface area contributed by atoms with Crippen molar-refractivity contribution in [1.82, 2.24) is 9.88 Å². The molecule has 3 heterocycles. The monoisotopic (exact) mass is 429 g/mol. The largest absolute Gasteiger partial charge is 0.384 e. The predicted octanol–water partition coefficient (Wildman–Crippen LogP) is 1.34. The molecule has 162 valence electrons. The molecule has 1 aliphatic heterocycles. The number of hydrogen-bond acceptors (Lipinski definition) is 6. The average molecular weight is 429 g/mol. The summed E-state index contributed by atoms with van der Waals surface area (Å²) in [4.78, 5) is 31.3. The van der Waals surface area contributed by atoms with Crippen LogP contribution in [-0.4, -0.2) is 47.2 Å². The Morgan fingerprint density at radius 1 is 1.12 bits per heavy atom. The highest BCUT2D eigenvalue weighted by molar-refractivity contribution is 6.19. The molecule has 32 heavy (non-hydrogen) atoms. The number of fused-ring (bicyclic) bond motifs is 3. The van der Waals surface area contributed by atoms with Crippen molar-refractivity contribution < 1.29 is 9.59 Å². The molecule has 2 bridgehead atoms. The van der Waals surface area contributed by atoms with Gasteiger partial charge >= 0.3 is 0 Å². The van der Waals surface area contributed by atoms with Crippen molar-refractivity contribution in [3.63, 3.8) is 0 Å². The van der Waals surface area contributed by atoms with Crippen molar-refractivity contribution >= 4 is 40.1 Å². The zero-order valence-electron chi connectivity index (χ0n) is 17.4. The smallest absolute Gasteiger partial charge is 0.256 e. The molecule has 0 spiro atoms. The number of likely N-dealkylation sites (tertiary alicyclic amines) is 1. The molecule has 8 N–H and O–H groups in total. The molecule has 2 aromatic heterocycles. The van der Waals surface area contributed by atoms with Crippen molar-refractivity contribution in [2.45, 2.75) is 12.8 Å². The number of nitrogens with two attached hydrogens (primary N) is 3. The fourth-order valence-corrected chi connectivity index (χ4v) is 3.90. The number of anilines is 2. The standard InChI is InChI=1S/C23H23N7O2/c24-20(25)13-5-7-15(8-6-13)28-9-3-4-14-12-16-18(23(32)30-10-1-2-11-30)19(22(27)31)17(14)21(26)29-16/h5-8,12,28H,1-2,9-11H2,(H3,24,25)(H2,26,29)(H2,27,31).